The largest absolute Gasteiger partial charge is 0.418 e. The van der Waals surface area contributed by atoms with Crippen LogP contribution in [-0.2, 0) is 131 Å². The Labute approximate surface area is 842 Å². The molecule has 145 heavy (non-hydrogen) atoms. The van der Waals surface area contributed by atoms with E-state index >= 15 is 0 Å². The molecule has 0 radical (unpaired) electrons. The van der Waals surface area contributed by atoms with Crippen molar-refractivity contribution in [2.75, 3.05) is 154 Å². The molecular weight excluding hydrogens is 2100 g/mol. The smallest absolute Gasteiger partial charge is 0.381 e. The summed E-state index contributed by atoms with van der Waals surface area (Å²) in [5, 5.41) is 30.8. The van der Waals surface area contributed by atoms with Crippen LogP contribution in [0.25, 0.3) is 0 Å². The van der Waals surface area contributed by atoms with Crippen molar-refractivity contribution in [1.29, 1.82) is 0 Å². The minimum absolute atomic E-state index is 0.0763. The van der Waals surface area contributed by atoms with E-state index in [-0.39, 0.29) is 92.1 Å². The summed E-state index contributed by atoms with van der Waals surface area (Å²) in [6.07, 6.45) is 15.1. The highest BCUT2D eigenvalue weighted by molar-refractivity contribution is 7.99. The maximum atomic E-state index is 12.4. The van der Waals surface area contributed by atoms with E-state index in [0.29, 0.717) is 202 Å². The quantitative estimate of drug-likeness (QED) is 0.0302. The number of thioether (sulfide) groups is 1. The summed E-state index contributed by atoms with van der Waals surface area (Å²) in [5.41, 5.74) is 0. The van der Waals surface area contributed by atoms with E-state index in [0.717, 1.165) is 109 Å². The number of sulfone groups is 1. The zero-order chi connectivity index (χ0) is 105. The Kier molecular flexibility index (Phi) is 38.7. The van der Waals surface area contributed by atoms with E-state index in [4.69, 9.17) is 32.1 Å². The molecule has 18 fully saturated rings. The van der Waals surface area contributed by atoms with Crippen LogP contribution in [0.5, 0.6) is 0 Å². The van der Waals surface area contributed by atoms with Crippen molar-refractivity contribution >= 4 is 156 Å². The van der Waals surface area contributed by atoms with Crippen molar-refractivity contribution in [2.24, 2.45) is 35.5 Å². The molecule has 0 spiro atoms. The van der Waals surface area contributed by atoms with Gasteiger partial charge in [0, 0.05) is 91.8 Å². The van der Waals surface area contributed by atoms with Crippen molar-refractivity contribution in [3.05, 3.63) is 0 Å². The number of hydrogen-bond acceptors (Lipinski definition) is 37. The summed E-state index contributed by atoms with van der Waals surface area (Å²) in [6.45, 7) is 11.3. The molecule has 14 atom stereocenters. The minimum atomic E-state index is -4.82. The van der Waals surface area contributed by atoms with Gasteiger partial charge in [-0.3, -0.25) is 56.1 Å². The second-order valence-corrected chi connectivity index (χ2v) is 48.1. The summed E-state index contributed by atoms with van der Waals surface area (Å²) in [5.74, 6) is 3.05. The van der Waals surface area contributed by atoms with E-state index in [9.17, 15) is 116 Å². The average molecular weight is 2230 g/mol. The lowest BCUT2D eigenvalue weighted by molar-refractivity contribution is -0.127. The number of amides is 18. The van der Waals surface area contributed by atoms with Gasteiger partial charge in [0.2, 0.25) is 35.4 Å². The second kappa shape index (κ2) is 49.3. The van der Waals surface area contributed by atoms with Gasteiger partial charge >= 0.3 is 98.6 Å². The van der Waals surface area contributed by atoms with Crippen molar-refractivity contribution in [3.63, 3.8) is 0 Å². The molecule has 822 valence electrons. The summed E-state index contributed by atoms with van der Waals surface area (Å²) in [7, 11) is -31.6. The standard InChI is InChI=1S/2C13H22N4O6S.C13H21N3O8S2.C13H21N3O7S.C13H21N3O6S2.C12H20N4O6S/c18-12(15-7-9-3-5-14-6-4-9)11-2-1-10-8-16(11)13(19)17(10)23-24(20,21)22;18-12(15-7-9-2-1-5-14-6-9)11-4-3-10-8-16(11)13(19)17(10)23-24(20,21)22;17-12(14-7-9-3-5-25(19,20)6-4-9)11-2-1-10-8-15(11)13(18)16(10)24-26(21,22)23;17-12(14-7-9-3-5-22-6-4-9)11-2-1-10-8-15(11)13(18)16(10)23-24(19,20)21;17-12(14-7-9-3-5-23-6-4-9)11-2-1-10-8-15(11)13(18)16(10)22-24(19,20)21;17-11(14-6-8-3-4-13-5-8)10-2-1-9-7-15(10)12(18)16(9)22-23(19,20)21/h2*9-11,14H,1-8H2,(H,15,18)(H,20,21,22);9-11H,1-8H2,(H,14,17)(H,21,22,23);2*9-11H,1-8H2,(H,14,17)(H,19,20,21);8-10,13H,1-7H2,(H,14,17)(H,19,20,21)/t10-,11+;9?,10-,11+;3*10-,11+;8?,9-,10+/m111111/s1. The predicted octanol–water partition coefficient (Wildman–Crippen LogP) is -4.36. The van der Waals surface area contributed by atoms with Crippen LogP contribution in [0.2, 0.25) is 0 Å². The van der Waals surface area contributed by atoms with Gasteiger partial charge in [0.05, 0.1) is 47.8 Å². The molecule has 18 rings (SSSR count). The summed E-state index contributed by atoms with van der Waals surface area (Å²) >= 11 is 1.92. The van der Waals surface area contributed by atoms with Crippen LogP contribution < -0.4 is 47.9 Å². The predicted molar refractivity (Wildman–Crippen MR) is 495 cm³/mol. The molecule has 0 aromatic heterocycles. The number of rotatable bonds is 30. The van der Waals surface area contributed by atoms with Gasteiger partial charge in [-0.25, -0.2) is 37.2 Å². The number of carbonyl (C=O) groups excluding carboxylic acids is 12. The Hall–Kier alpha value is -8.20. The molecule has 0 aromatic rings. The number of ether oxygens (including phenoxy) is 1. The first kappa shape index (κ1) is 114. The summed E-state index contributed by atoms with van der Waals surface area (Å²) in [4.78, 5) is 156. The molecule has 18 amide bonds. The lowest BCUT2D eigenvalue weighted by Gasteiger charge is -2.30. The maximum absolute atomic E-state index is 12.4. The first-order valence-electron chi connectivity index (χ1n) is 48.1. The Morgan fingerprint density at radius 2 is 0.517 bits per heavy atom. The first-order valence-corrected chi connectivity index (χ1v) is 59.2. The topological polar surface area (TPSA) is 777 Å². The van der Waals surface area contributed by atoms with Gasteiger partial charge < -0.3 is 82.0 Å². The lowest BCUT2D eigenvalue weighted by Crippen LogP contribution is -2.51. The zero-order valence-corrected chi connectivity index (χ0v) is 85.4. The average Bonchev–Trinajstić information content (AvgIpc) is 1.65. The second-order valence-electron chi connectivity index (χ2n) is 38.5. The Morgan fingerprint density at radius 1 is 0.297 bits per heavy atom. The van der Waals surface area contributed by atoms with Crippen LogP contribution in [0, 0.1) is 35.5 Å². The maximum Gasteiger partial charge on any atom is 0.418 e. The van der Waals surface area contributed by atoms with E-state index in [2.05, 4.69) is 73.6 Å². The molecule has 2 unspecified atom stereocenters. The molecule has 0 aromatic carbocycles. The van der Waals surface area contributed by atoms with Crippen LogP contribution in [0.3, 0.4) is 0 Å². The Bertz CT molecular complexity index is 5080. The summed E-state index contributed by atoms with van der Waals surface area (Å²) < 4.78 is 237. The fraction of sp³-hybridized carbons (Fsp3) is 0.844. The highest BCUT2D eigenvalue weighted by Crippen LogP contribution is 2.39. The van der Waals surface area contributed by atoms with Gasteiger partial charge in [-0.15, -0.1) is 25.7 Å². The number of nitrogens with zero attached hydrogens (tertiary/aromatic N) is 12. The van der Waals surface area contributed by atoms with Gasteiger partial charge in [-0.1, -0.05) is 0 Å². The number of urea groups is 6. The van der Waals surface area contributed by atoms with Gasteiger partial charge in [-0.05, 0) is 234 Å². The van der Waals surface area contributed by atoms with Crippen molar-refractivity contribution in [3.8, 4) is 0 Å². The highest BCUT2D eigenvalue weighted by atomic mass is 32.3. The molecule has 68 heteroatoms. The SMILES string of the molecule is O=C(NCC1CCCNC1)[C@@H]1CC[C@@H]2CN1C(=O)N2OS(=O)(=O)O.O=C(NCC1CCNC1)[C@@H]1CC[C@@H]2CN1C(=O)N2OS(=O)(=O)O.O=C(NCC1CCNCC1)[C@@H]1CC[C@@H]2CN1C(=O)N2OS(=O)(=O)O.O=C(NCC1CCOCC1)[C@@H]1CC[C@@H]2CN1C(=O)N2OS(=O)(=O)O.O=C(NCC1CCS(=O)(=O)CC1)[C@@H]1CC[C@@H]2CN1C(=O)N2OS(=O)(=O)O.O=C(NCC1CCSCC1)[C@@H]1CC[C@@H]2CN1C(=O)N2OS(=O)(=O)O. The number of carbonyl (C=O) groups is 12. The molecule has 18 aliphatic rings. The minimum Gasteiger partial charge on any atom is -0.381 e. The van der Waals surface area contributed by atoms with Gasteiger partial charge in [0.25, 0.3) is 0 Å². The van der Waals surface area contributed by atoms with E-state index < -0.39 is 181 Å². The van der Waals surface area contributed by atoms with Crippen LogP contribution >= 0.6 is 11.8 Å². The van der Waals surface area contributed by atoms with Crippen molar-refractivity contribution in [1.82, 2.24) is 108 Å². The number of nitrogens with one attached hydrogen (secondary N) is 9. The van der Waals surface area contributed by atoms with E-state index in [1.807, 2.05) is 11.8 Å². The van der Waals surface area contributed by atoms with Crippen molar-refractivity contribution < 1.29 is 174 Å². The zero-order valence-electron chi connectivity index (χ0n) is 78.9. The third-order valence-corrected chi connectivity index (χ3v) is 33.4. The molecule has 18 saturated heterocycles. The van der Waals surface area contributed by atoms with Crippen molar-refractivity contribution in [2.45, 2.75) is 220 Å². The molecule has 0 aliphatic carbocycles. The van der Waals surface area contributed by atoms with Crippen LogP contribution in [0.1, 0.15) is 148 Å². The molecule has 15 N–H and O–H groups in total. The number of piperidine rings is 8. The molecule has 0 saturated carbocycles. The molecular formula is C77H127N21O39S8. The number of hydrogen-bond donors (Lipinski definition) is 15. The normalized spacial score (nSPS) is 29.2. The number of fused-ring (bicyclic) bond motifs is 12. The molecule has 18 heterocycles. The number of hydroxylamine groups is 12. The van der Waals surface area contributed by atoms with Gasteiger partial charge in [0.15, 0.2) is 0 Å². The van der Waals surface area contributed by atoms with Crippen LogP contribution in [0.4, 0.5) is 28.8 Å². The fourth-order valence-corrected chi connectivity index (χ4v) is 26.0. The van der Waals surface area contributed by atoms with Gasteiger partial charge in [-0.2, -0.15) is 92.6 Å². The molecule has 60 nitrogen and oxygen atoms in total. The van der Waals surface area contributed by atoms with Crippen LogP contribution in [0.15, 0.2) is 0 Å². The lowest BCUT2D eigenvalue weighted by atomic mass is 9.97. The molecule has 18 aliphatic heterocycles. The van der Waals surface area contributed by atoms with Gasteiger partial charge in [0.1, 0.15) is 46.1 Å². The molecule has 12 bridgehead atoms. The summed E-state index contributed by atoms with van der Waals surface area (Å²) in [6, 6.07) is -11.2. The van der Waals surface area contributed by atoms with E-state index in [1.165, 1.54) is 29.4 Å². The fourth-order valence-electron chi connectivity index (χ4n) is 20.9. The third kappa shape index (κ3) is 31.7. The third-order valence-electron chi connectivity index (χ3n) is 28.6. The monoisotopic (exact) mass is 2230 g/mol. The highest BCUT2D eigenvalue weighted by Gasteiger charge is 2.57. The van der Waals surface area contributed by atoms with Crippen LogP contribution in [-0.4, -0.2) is 444 Å². The Morgan fingerprint density at radius 3 is 0.759 bits per heavy atom. The Balaban J connectivity index is 0.000000146. The van der Waals surface area contributed by atoms with E-state index in [1.54, 1.807) is 0 Å². The first-order chi connectivity index (χ1) is 68.3.